The maximum atomic E-state index is 12.2. The highest BCUT2D eigenvalue weighted by Gasteiger charge is 2.09. The molecule has 1 aromatic carbocycles. The van der Waals surface area contributed by atoms with Gasteiger partial charge in [0.2, 0.25) is 5.91 Å². The van der Waals surface area contributed by atoms with Crippen molar-refractivity contribution in [1.29, 1.82) is 0 Å². The number of nitrogens with zero attached hydrogens (tertiary/aromatic N) is 1. The Labute approximate surface area is 115 Å². The van der Waals surface area contributed by atoms with E-state index in [1.54, 1.807) is 36.3 Å². The molecule has 6 heteroatoms. The first kappa shape index (κ1) is 14.1. The van der Waals surface area contributed by atoms with E-state index in [-0.39, 0.29) is 18.4 Å². The van der Waals surface area contributed by atoms with Crippen LogP contribution < -0.4 is 15.8 Å². The van der Waals surface area contributed by atoms with Gasteiger partial charge in [-0.2, -0.15) is 0 Å². The Balaban J connectivity index is 2.47. The van der Waals surface area contributed by atoms with Crippen molar-refractivity contribution in [2.45, 2.75) is 12.8 Å². The minimum Gasteiger partial charge on any atom is -0.497 e. The fraction of sp³-hybridized carbons (Fsp3) is 0.286. The van der Waals surface area contributed by atoms with E-state index in [1.165, 1.54) is 0 Å². The number of carbonyl (C=O) groups is 1. The van der Waals surface area contributed by atoms with E-state index in [0.29, 0.717) is 11.3 Å². The lowest BCUT2D eigenvalue weighted by atomic mass is 10.1. The topological polar surface area (TPSA) is 80.6 Å². The number of hydroxylamine groups is 1. The van der Waals surface area contributed by atoms with E-state index in [0.717, 1.165) is 10.9 Å². The van der Waals surface area contributed by atoms with Gasteiger partial charge in [-0.3, -0.25) is 14.8 Å². The van der Waals surface area contributed by atoms with Crippen molar-refractivity contribution in [3.63, 3.8) is 0 Å². The first-order valence-electron chi connectivity index (χ1n) is 6.16. The summed E-state index contributed by atoms with van der Waals surface area (Å²) in [6, 6.07) is 7.20. The second-order valence-corrected chi connectivity index (χ2v) is 4.49. The van der Waals surface area contributed by atoms with Crippen LogP contribution in [0.5, 0.6) is 5.75 Å². The molecular weight excluding hydrogens is 260 g/mol. The molecule has 0 saturated heterocycles. The maximum Gasteiger partial charge on any atom is 0.253 e. The molecule has 0 saturated carbocycles. The number of benzene rings is 1. The number of hydrogen-bond acceptors (Lipinski definition) is 4. The summed E-state index contributed by atoms with van der Waals surface area (Å²) in [6.45, 7) is 0. The van der Waals surface area contributed by atoms with Gasteiger partial charge in [0.25, 0.3) is 5.56 Å². The summed E-state index contributed by atoms with van der Waals surface area (Å²) in [5.74, 6) is 0.188. The number of methoxy groups -OCH3 is 1. The van der Waals surface area contributed by atoms with Crippen LogP contribution in [0.1, 0.15) is 12.0 Å². The zero-order chi connectivity index (χ0) is 14.7. The number of hydrogen-bond donors (Lipinski definition) is 2. The first-order chi connectivity index (χ1) is 9.56. The largest absolute Gasteiger partial charge is 0.497 e. The highest BCUT2D eigenvalue weighted by molar-refractivity contribution is 5.81. The Morgan fingerprint density at radius 2 is 2.15 bits per heavy atom. The van der Waals surface area contributed by atoms with Crippen molar-refractivity contribution in [3.8, 4) is 5.75 Å². The molecule has 0 aliphatic rings. The minimum atomic E-state index is -0.516. The quantitative estimate of drug-likeness (QED) is 0.644. The van der Waals surface area contributed by atoms with Crippen molar-refractivity contribution >= 4 is 16.8 Å². The van der Waals surface area contributed by atoms with Crippen LogP contribution in [0.15, 0.2) is 29.1 Å². The van der Waals surface area contributed by atoms with E-state index in [2.05, 4.69) is 0 Å². The van der Waals surface area contributed by atoms with Crippen molar-refractivity contribution in [2.24, 2.45) is 7.05 Å². The van der Waals surface area contributed by atoms with Gasteiger partial charge in [0.05, 0.1) is 12.6 Å². The van der Waals surface area contributed by atoms with Gasteiger partial charge in [-0.25, -0.2) is 5.48 Å². The van der Waals surface area contributed by atoms with Crippen LogP contribution in [-0.4, -0.2) is 22.8 Å². The van der Waals surface area contributed by atoms with Gasteiger partial charge in [-0.05, 0) is 30.7 Å². The average molecular weight is 276 g/mol. The number of amides is 1. The van der Waals surface area contributed by atoms with Crippen LogP contribution in [0.25, 0.3) is 10.9 Å². The number of fused-ring (bicyclic) bond motifs is 1. The van der Waals surface area contributed by atoms with Gasteiger partial charge >= 0.3 is 0 Å². The third-order valence-electron chi connectivity index (χ3n) is 3.25. The Kier molecular flexibility index (Phi) is 4.05. The minimum absolute atomic E-state index is 0.0568. The lowest BCUT2D eigenvalue weighted by Gasteiger charge is -2.09. The van der Waals surface area contributed by atoms with E-state index < -0.39 is 5.91 Å². The molecule has 1 heterocycles. The van der Waals surface area contributed by atoms with E-state index in [9.17, 15) is 9.59 Å². The highest BCUT2D eigenvalue weighted by Crippen LogP contribution is 2.20. The zero-order valence-corrected chi connectivity index (χ0v) is 11.3. The number of nitrogens with one attached hydrogen (secondary N) is 1. The fourth-order valence-electron chi connectivity index (χ4n) is 2.14. The molecule has 0 unspecified atom stereocenters. The molecule has 2 N–H and O–H groups in total. The smallest absolute Gasteiger partial charge is 0.253 e. The summed E-state index contributed by atoms with van der Waals surface area (Å²) >= 11 is 0. The van der Waals surface area contributed by atoms with Gasteiger partial charge in [-0.15, -0.1) is 0 Å². The molecule has 0 atom stereocenters. The summed E-state index contributed by atoms with van der Waals surface area (Å²) in [5.41, 5.74) is 2.73. The summed E-state index contributed by atoms with van der Waals surface area (Å²) in [7, 11) is 3.27. The molecule has 0 bridgehead atoms. The number of ether oxygens (including phenoxy) is 1. The number of carbonyl (C=O) groups excluding carboxylic acids is 1. The predicted octanol–water partition coefficient (Wildman–Crippen LogP) is 0.985. The van der Waals surface area contributed by atoms with E-state index in [4.69, 9.17) is 9.94 Å². The first-order valence-corrected chi connectivity index (χ1v) is 6.16. The molecule has 0 aliphatic heterocycles. The third-order valence-corrected chi connectivity index (χ3v) is 3.25. The van der Waals surface area contributed by atoms with Crippen molar-refractivity contribution in [2.75, 3.05) is 7.11 Å². The van der Waals surface area contributed by atoms with Crippen LogP contribution in [0, 0.1) is 0 Å². The van der Waals surface area contributed by atoms with Crippen LogP contribution in [0.4, 0.5) is 0 Å². The number of aryl methyl sites for hydroxylation is 2. The molecule has 2 rings (SSSR count). The Morgan fingerprint density at radius 1 is 1.40 bits per heavy atom. The Bertz CT molecular complexity index is 706. The monoisotopic (exact) mass is 276 g/mol. The highest BCUT2D eigenvalue weighted by atomic mass is 16.5. The summed E-state index contributed by atoms with van der Waals surface area (Å²) in [4.78, 5) is 23.2. The normalized spacial score (nSPS) is 10.6. The van der Waals surface area contributed by atoms with Crippen LogP contribution in [0.3, 0.4) is 0 Å². The zero-order valence-electron chi connectivity index (χ0n) is 11.3. The van der Waals surface area contributed by atoms with Gasteiger partial charge in [0, 0.05) is 24.4 Å². The second kappa shape index (κ2) is 5.75. The van der Waals surface area contributed by atoms with Gasteiger partial charge < -0.3 is 9.30 Å². The van der Waals surface area contributed by atoms with Crippen molar-refractivity contribution < 1.29 is 14.7 Å². The standard InChI is InChI=1S/C14H16N2O4/c1-16-12-5-4-11(20-2)8-10(12)7-9(14(16)18)3-6-13(17)15-19/h4-5,7-8,19H,3,6H2,1-2H3,(H,15,17). The second-order valence-electron chi connectivity index (χ2n) is 4.49. The molecule has 1 amide bonds. The van der Waals surface area contributed by atoms with Gasteiger partial charge in [0.15, 0.2) is 0 Å². The summed E-state index contributed by atoms with van der Waals surface area (Å²) in [6.07, 6.45) is 0.327. The Hall–Kier alpha value is -2.34. The number of rotatable bonds is 4. The molecule has 2 aromatic rings. The lowest BCUT2D eigenvalue weighted by molar-refractivity contribution is -0.129. The van der Waals surface area contributed by atoms with E-state index >= 15 is 0 Å². The van der Waals surface area contributed by atoms with Crippen LogP contribution in [-0.2, 0) is 18.3 Å². The molecule has 0 fully saturated rings. The van der Waals surface area contributed by atoms with E-state index in [1.807, 2.05) is 12.1 Å². The molecule has 0 radical (unpaired) electrons. The molecule has 20 heavy (non-hydrogen) atoms. The molecule has 0 spiro atoms. The molecule has 6 nitrogen and oxygen atoms in total. The molecule has 106 valence electrons. The lowest BCUT2D eigenvalue weighted by Crippen LogP contribution is -2.24. The number of pyridine rings is 1. The average Bonchev–Trinajstić information content (AvgIpc) is 2.48. The van der Waals surface area contributed by atoms with Gasteiger partial charge in [-0.1, -0.05) is 0 Å². The maximum absolute atomic E-state index is 12.2. The van der Waals surface area contributed by atoms with Crippen LogP contribution in [0.2, 0.25) is 0 Å². The fourth-order valence-corrected chi connectivity index (χ4v) is 2.14. The molecular formula is C14H16N2O4. The van der Waals surface area contributed by atoms with Crippen LogP contribution >= 0.6 is 0 Å². The third kappa shape index (κ3) is 2.65. The molecule has 0 aliphatic carbocycles. The Morgan fingerprint density at radius 3 is 2.80 bits per heavy atom. The van der Waals surface area contributed by atoms with Crippen molar-refractivity contribution in [3.05, 3.63) is 40.2 Å². The molecule has 1 aromatic heterocycles. The SMILES string of the molecule is COc1ccc2c(c1)cc(CCC(=O)NO)c(=O)n2C. The van der Waals surface area contributed by atoms with Gasteiger partial charge in [0.1, 0.15) is 5.75 Å². The predicted molar refractivity (Wildman–Crippen MR) is 74.0 cm³/mol. The summed E-state index contributed by atoms with van der Waals surface area (Å²) in [5, 5.41) is 9.34. The number of aromatic nitrogens is 1. The van der Waals surface area contributed by atoms with Crippen molar-refractivity contribution in [1.82, 2.24) is 10.0 Å². The summed E-state index contributed by atoms with van der Waals surface area (Å²) < 4.78 is 6.71.